The Balaban J connectivity index is 1.57. The quantitative estimate of drug-likeness (QED) is 0.178. The Morgan fingerprint density at radius 1 is 0.571 bits per heavy atom. The summed E-state index contributed by atoms with van der Waals surface area (Å²) in [5.74, 6) is 1.63. The van der Waals surface area contributed by atoms with Crippen LogP contribution in [0.1, 0.15) is 33.9 Å². The van der Waals surface area contributed by atoms with Gasteiger partial charge in [0.05, 0.1) is 58.2 Å². The lowest BCUT2D eigenvalue weighted by atomic mass is 9.96. The Kier molecular flexibility index (Phi) is 7.32. The second-order valence-electron chi connectivity index (χ2n) is 11.3. The van der Waals surface area contributed by atoms with Gasteiger partial charge in [-0.05, 0) is 84.6 Å². The van der Waals surface area contributed by atoms with Gasteiger partial charge in [-0.1, -0.05) is 42.5 Å². The molecule has 7 aromatic rings. The van der Waals surface area contributed by atoms with Crippen LogP contribution in [0.2, 0.25) is 0 Å². The third-order valence-corrected chi connectivity index (χ3v) is 8.39. The molecule has 0 N–H and O–H groups in total. The van der Waals surface area contributed by atoms with E-state index in [9.17, 15) is 21.0 Å². The maximum Gasteiger partial charge on any atom is 0.188 e. The lowest BCUT2D eigenvalue weighted by molar-refractivity contribution is 0.928. The van der Waals surface area contributed by atoms with Gasteiger partial charge in [-0.25, -0.2) is 19.8 Å². The van der Waals surface area contributed by atoms with E-state index >= 15 is 0 Å². The summed E-state index contributed by atoms with van der Waals surface area (Å²) < 4.78 is 2.01. The molecule has 49 heavy (non-hydrogen) atoms. The molecule has 9 heteroatoms. The highest BCUT2D eigenvalue weighted by Gasteiger charge is 2.20. The van der Waals surface area contributed by atoms with Crippen molar-refractivity contribution >= 4 is 27.5 Å². The van der Waals surface area contributed by atoms with Gasteiger partial charge in [-0.2, -0.15) is 21.0 Å². The van der Waals surface area contributed by atoms with Gasteiger partial charge in [0.15, 0.2) is 11.5 Å². The molecule has 0 radical (unpaired) electrons. The van der Waals surface area contributed by atoms with Gasteiger partial charge in [0, 0.05) is 21.9 Å². The predicted molar refractivity (Wildman–Crippen MR) is 185 cm³/mol. The molecule has 5 aromatic carbocycles. The molecular weight excluding hydrogens is 607 g/mol. The summed E-state index contributed by atoms with van der Waals surface area (Å²) in [5, 5.41) is 41.5. The van der Waals surface area contributed by atoms with Crippen molar-refractivity contribution in [1.29, 1.82) is 21.0 Å². The summed E-state index contributed by atoms with van der Waals surface area (Å²) in [4.78, 5) is 16.9. The van der Waals surface area contributed by atoms with Crippen LogP contribution >= 0.6 is 0 Å². The van der Waals surface area contributed by atoms with E-state index in [-0.39, 0.29) is 0 Å². The molecule has 0 spiro atoms. The normalized spacial score (nSPS) is 10.6. The molecule has 0 aliphatic rings. The summed E-state index contributed by atoms with van der Waals surface area (Å²) in [7, 11) is 0. The van der Waals surface area contributed by atoms with Crippen LogP contribution < -0.4 is 0 Å². The monoisotopic (exact) mass is 627 g/mol. The Labute approximate surface area is 281 Å². The molecule has 0 bridgehead atoms. The second-order valence-corrected chi connectivity index (χ2v) is 11.3. The maximum atomic E-state index is 10.4. The van der Waals surface area contributed by atoms with Crippen LogP contribution in [-0.4, -0.2) is 19.5 Å². The summed E-state index contributed by atoms with van der Waals surface area (Å²) in [6.45, 7) is 11.0. The fraction of sp³-hybridized carbons (Fsp3) is 0.0500. The van der Waals surface area contributed by atoms with Gasteiger partial charge in [-0.15, -0.1) is 0 Å². The summed E-state index contributed by atoms with van der Waals surface area (Å²) in [5.41, 5.74) is 7.65. The van der Waals surface area contributed by atoms with E-state index in [1.807, 2.05) is 53.1 Å². The van der Waals surface area contributed by atoms with Crippen molar-refractivity contribution < 1.29 is 0 Å². The first-order valence-corrected chi connectivity index (χ1v) is 15.0. The number of hydrogen-bond donors (Lipinski definition) is 0. The third kappa shape index (κ3) is 5.15. The van der Waals surface area contributed by atoms with Crippen LogP contribution in [0.25, 0.3) is 66.0 Å². The van der Waals surface area contributed by atoms with Crippen LogP contribution in [0.4, 0.5) is 5.69 Å². The largest absolute Gasteiger partial charge is 0.308 e. The number of benzene rings is 5. The van der Waals surface area contributed by atoms with Crippen molar-refractivity contribution in [1.82, 2.24) is 19.5 Å². The zero-order chi connectivity index (χ0) is 34.2. The standard InChI is InChI=1S/C40H21N9/c1-23-46-24(2)48-40(47-23)28-5-6-29(20-42)37(18-28)49-38-16-26(33-10-4-25(19-41)14-30(33)21-43)7-11-35(38)36-12-8-27(17-39(36)49)34-13-9-32(45-3)15-31(34)22-44/h4-18H,1-2H3. The number of nitriles is 4. The third-order valence-electron chi connectivity index (χ3n) is 8.39. The summed E-state index contributed by atoms with van der Waals surface area (Å²) in [6.07, 6.45) is 0. The molecule has 9 nitrogen and oxygen atoms in total. The van der Waals surface area contributed by atoms with Gasteiger partial charge in [0.25, 0.3) is 0 Å². The van der Waals surface area contributed by atoms with Crippen LogP contribution in [0.5, 0.6) is 0 Å². The van der Waals surface area contributed by atoms with E-state index in [1.165, 1.54) is 0 Å². The van der Waals surface area contributed by atoms with Crippen molar-refractivity contribution in [2.45, 2.75) is 13.8 Å². The molecule has 0 saturated carbocycles. The van der Waals surface area contributed by atoms with Crippen LogP contribution in [0, 0.1) is 65.7 Å². The predicted octanol–water partition coefficient (Wildman–Crippen LogP) is 8.62. The average molecular weight is 628 g/mol. The first-order valence-electron chi connectivity index (χ1n) is 15.0. The Hall–Kier alpha value is -7.64. The SMILES string of the molecule is [C-]#[N+]c1ccc(-c2ccc3c4ccc(-c5ccc(C#N)cc5C#N)cc4n(-c4cc(-c5nc(C)nc(C)n5)ccc4C#N)c3c2)c(C#N)c1. The lowest BCUT2D eigenvalue weighted by Crippen LogP contribution is -2.02. The molecule has 0 unspecified atom stereocenters. The molecule has 226 valence electrons. The summed E-state index contributed by atoms with van der Waals surface area (Å²) in [6, 6.07) is 36.2. The first-order chi connectivity index (χ1) is 23.8. The number of hydrogen-bond acceptors (Lipinski definition) is 7. The molecule has 0 fully saturated rings. The smallest absolute Gasteiger partial charge is 0.188 e. The number of aromatic nitrogens is 4. The van der Waals surface area contributed by atoms with Gasteiger partial charge in [-0.3, -0.25) is 0 Å². The van der Waals surface area contributed by atoms with Crippen molar-refractivity contribution in [2.24, 2.45) is 0 Å². The van der Waals surface area contributed by atoms with E-state index < -0.39 is 0 Å². The van der Waals surface area contributed by atoms with Gasteiger partial charge < -0.3 is 4.57 Å². The molecule has 2 heterocycles. The van der Waals surface area contributed by atoms with E-state index in [0.717, 1.165) is 32.9 Å². The van der Waals surface area contributed by atoms with Crippen LogP contribution in [0.15, 0.2) is 91.0 Å². The molecule has 0 amide bonds. The molecule has 2 aromatic heterocycles. The van der Waals surface area contributed by atoms with Crippen molar-refractivity contribution in [3.05, 3.63) is 136 Å². The number of rotatable bonds is 4. The Morgan fingerprint density at radius 2 is 1.14 bits per heavy atom. The van der Waals surface area contributed by atoms with Crippen molar-refractivity contribution in [2.75, 3.05) is 0 Å². The minimum atomic E-state index is 0.371. The highest BCUT2D eigenvalue weighted by Crippen LogP contribution is 2.39. The van der Waals surface area contributed by atoms with Crippen molar-refractivity contribution in [3.8, 4) is 63.6 Å². The molecule has 0 atom stereocenters. The summed E-state index contributed by atoms with van der Waals surface area (Å²) >= 11 is 0. The highest BCUT2D eigenvalue weighted by atomic mass is 15.0. The molecule has 0 aliphatic heterocycles. The number of fused-ring (bicyclic) bond motifs is 3. The number of aryl methyl sites for hydroxylation is 2. The Bertz CT molecular complexity index is 2600. The Morgan fingerprint density at radius 3 is 1.71 bits per heavy atom. The minimum Gasteiger partial charge on any atom is -0.308 e. The zero-order valence-corrected chi connectivity index (χ0v) is 26.2. The molecule has 7 rings (SSSR count). The van der Waals surface area contributed by atoms with Crippen LogP contribution in [0.3, 0.4) is 0 Å². The highest BCUT2D eigenvalue weighted by molar-refractivity contribution is 6.11. The van der Waals surface area contributed by atoms with E-state index in [1.54, 1.807) is 56.3 Å². The van der Waals surface area contributed by atoms with Gasteiger partial charge in [0.1, 0.15) is 17.7 Å². The van der Waals surface area contributed by atoms with Crippen LogP contribution in [-0.2, 0) is 0 Å². The molecule has 0 aliphatic carbocycles. The molecular formula is C40H21N9. The van der Waals surface area contributed by atoms with E-state index in [4.69, 9.17) is 6.57 Å². The topological polar surface area (TPSA) is 143 Å². The average Bonchev–Trinajstić information content (AvgIpc) is 3.46. The maximum absolute atomic E-state index is 10.4. The van der Waals surface area contributed by atoms with Crippen molar-refractivity contribution in [3.63, 3.8) is 0 Å². The zero-order valence-electron chi connectivity index (χ0n) is 26.2. The fourth-order valence-electron chi connectivity index (χ4n) is 6.21. The fourth-order valence-corrected chi connectivity index (χ4v) is 6.21. The van der Waals surface area contributed by atoms with E-state index in [0.29, 0.717) is 67.8 Å². The molecule has 0 saturated heterocycles. The first kappa shape index (κ1) is 30.0. The second kappa shape index (κ2) is 11.9. The van der Waals surface area contributed by atoms with E-state index in [2.05, 4.69) is 44.1 Å². The lowest BCUT2D eigenvalue weighted by Gasteiger charge is -2.14. The minimum absolute atomic E-state index is 0.371. The van der Waals surface area contributed by atoms with Gasteiger partial charge in [0.2, 0.25) is 0 Å². The van der Waals surface area contributed by atoms with Gasteiger partial charge >= 0.3 is 0 Å². The number of nitrogens with zero attached hydrogens (tertiary/aromatic N) is 9.